The first-order chi connectivity index (χ1) is 20.4. The minimum absolute atomic E-state index is 0.0515. The van der Waals surface area contributed by atoms with Crippen LogP contribution in [0, 0.1) is 29.1 Å². The molecule has 6 N–H and O–H groups in total. The summed E-state index contributed by atoms with van der Waals surface area (Å²) in [5, 5.41) is 13.8. The number of carbonyl (C=O) groups excluding carboxylic acids is 2. The number of ether oxygens (including phenoxy) is 3. The molecule has 224 valence electrons. The number of aliphatic hydroxyl groups excluding tert-OH is 1. The lowest BCUT2D eigenvalue weighted by Crippen LogP contribution is -2.46. The van der Waals surface area contributed by atoms with Crippen LogP contribution in [0.25, 0.3) is 0 Å². The summed E-state index contributed by atoms with van der Waals surface area (Å²) in [5.41, 5.74) is 11.7. The van der Waals surface area contributed by atoms with E-state index >= 15 is 0 Å². The lowest BCUT2D eigenvalue weighted by molar-refractivity contribution is -0.130. The molecular formula is C30H53N3O6. The van der Waals surface area contributed by atoms with Crippen molar-refractivity contribution in [2.24, 2.45) is 40.6 Å². The molecule has 1 rings (SSSR count). The summed E-state index contributed by atoms with van der Waals surface area (Å²) in [6.07, 6.45) is -3.21. The molecule has 0 fully saturated rings. The van der Waals surface area contributed by atoms with E-state index in [0.717, 1.165) is 7.11 Å². The zero-order valence-corrected chi connectivity index (χ0v) is 24.7. The van der Waals surface area contributed by atoms with Gasteiger partial charge in [0.2, 0.25) is 11.8 Å². The van der Waals surface area contributed by atoms with Crippen molar-refractivity contribution in [3.05, 3.63) is 23.8 Å². The summed E-state index contributed by atoms with van der Waals surface area (Å²) in [5.74, 6) is -1.40. The van der Waals surface area contributed by atoms with Crippen molar-refractivity contribution in [3.8, 4) is 11.5 Å². The van der Waals surface area contributed by atoms with Gasteiger partial charge in [0.05, 0.1) is 30.7 Å². The van der Waals surface area contributed by atoms with Gasteiger partial charge >= 0.3 is 0 Å². The van der Waals surface area contributed by atoms with E-state index < -0.39 is 48.9 Å². The highest BCUT2D eigenvalue weighted by Gasteiger charge is 2.32. The van der Waals surface area contributed by atoms with Crippen LogP contribution in [0.3, 0.4) is 0 Å². The Morgan fingerprint density at radius 2 is 1.74 bits per heavy atom. The van der Waals surface area contributed by atoms with Gasteiger partial charge in [0.25, 0.3) is 0 Å². The van der Waals surface area contributed by atoms with Crippen LogP contribution < -0.4 is 26.3 Å². The van der Waals surface area contributed by atoms with Gasteiger partial charge in [0.15, 0.2) is 11.5 Å². The molecule has 0 aliphatic carbocycles. The van der Waals surface area contributed by atoms with Crippen LogP contribution in [0.2, 0.25) is 0 Å². The maximum Gasteiger partial charge on any atom is 0.224 e. The number of amides is 2. The topological polar surface area (TPSA) is 146 Å². The van der Waals surface area contributed by atoms with E-state index in [9.17, 15) is 14.7 Å². The summed E-state index contributed by atoms with van der Waals surface area (Å²) in [6.45, 7) is 4.99. The maximum absolute atomic E-state index is 13.0. The second kappa shape index (κ2) is 16.7. The van der Waals surface area contributed by atoms with E-state index in [4.69, 9.17) is 29.2 Å². The van der Waals surface area contributed by atoms with E-state index in [0.29, 0.717) is 18.4 Å². The fourth-order valence-corrected chi connectivity index (χ4v) is 4.12. The predicted octanol–water partition coefficient (Wildman–Crippen LogP) is 3.29. The third-order valence-corrected chi connectivity index (χ3v) is 7.11. The monoisotopic (exact) mass is 557 g/mol. The van der Waals surface area contributed by atoms with Crippen LogP contribution in [-0.4, -0.2) is 62.9 Å². The molecule has 39 heavy (non-hydrogen) atoms. The Morgan fingerprint density at radius 1 is 1.08 bits per heavy atom. The zero-order valence-electron chi connectivity index (χ0n) is 30.7. The van der Waals surface area contributed by atoms with Gasteiger partial charge in [0.1, 0.15) is 0 Å². The van der Waals surface area contributed by atoms with Gasteiger partial charge in [0, 0.05) is 41.3 Å². The first kappa shape index (κ1) is 25.6. The molecule has 0 aromatic heterocycles. The smallest absolute Gasteiger partial charge is 0.224 e. The summed E-state index contributed by atoms with van der Waals surface area (Å²) in [7, 11) is 2.29. The number of hydrogen-bond acceptors (Lipinski definition) is 7. The van der Waals surface area contributed by atoms with Gasteiger partial charge in [-0.3, -0.25) is 9.59 Å². The van der Waals surface area contributed by atoms with E-state index in [-0.39, 0.29) is 48.1 Å². The van der Waals surface area contributed by atoms with Crippen molar-refractivity contribution in [3.63, 3.8) is 0 Å². The molecule has 0 heterocycles. The molecule has 0 aliphatic heterocycles. The second-order valence-electron chi connectivity index (χ2n) is 11.3. The summed E-state index contributed by atoms with van der Waals surface area (Å²) in [4.78, 5) is 24.6. The quantitative estimate of drug-likeness (QED) is 0.204. The van der Waals surface area contributed by atoms with Crippen LogP contribution in [0.5, 0.6) is 11.5 Å². The lowest BCUT2D eigenvalue weighted by Gasteiger charge is -2.30. The third-order valence-electron chi connectivity index (χ3n) is 7.11. The molecule has 0 unspecified atom stereocenters. The van der Waals surface area contributed by atoms with Gasteiger partial charge in [-0.05, 0) is 68.6 Å². The Morgan fingerprint density at radius 3 is 2.28 bits per heavy atom. The van der Waals surface area contributed by atoms with E-state index in [1.165, 1.54) is 13.2 Å². The number of nitrogens with two attached hydrogens (primary N) is 2. The minimum Gasteiger partial charge on any atom is -0.493 e. The SMILES string of the molecule is [2H]C([2H])(OC)C([2H])([2H])C([2H])([2H])Oc1cc(C[C@@H](C[C@H](N)[C@@H](O)C[C@H](C(=O)NCC(C)(C)C(N)=O)C(C)C)C(C)C)ccc1OC. The van der Waals surface area contributed by atoms with Gasteiger partial charge in [-0.2, -0.15) is 0 Å². The predicted molar refractivity (Wildman–Crippen MR) is 155 cm³/mol. The van der Waals surface area contributed by atoms with Crippen LogP contribution in [0.15, 0.2) is 18.2 Å². The number of aliphatic hydroxyl groups is 1. The molecule has 1 aromatic carbocycles. The maximum atomic E-state index is 13.0. The van der Waals surface area contributed by atoms with Crippen LogP contribution >= 0.6 is 0 Å². The largest absolute Gasteiger partial charge is 0.493 e. The molecule has 0 spiro atoms. The fraction of sp³-hybridized carbons (Fsp3) is 0.733. The molecule has 0 aliphatic rings. The Balaban J connectivity index is 3.12. The van der Waals surface area contributed by atoms with Crippen molar-refractivity contribution in [1.82, 2.24) is 5.32 Å². The van der Waals surface area contributed by atoms with Gasteiger partial charge in [-0.1, -0.05) is 33.8 Å². The molecule has 0 saturated carbocycles. The first-order valence-corrected chi connectivity index (χ1v) is 13.4. The average Bonchev–Trinajstić information content (AvgIpc) is 2.93. The number of hydrogen-bond donors (Lipinski definition) is 4. The van der Waals surface area contributed by atoms with Crippen LogP contribution in [0.4, 0.5) is 0 Å². The second-order valence-corrected chi connectivity index (χ2v) is 11.3. The van der Waals surface area contributed by atoms with Gasteiger partial charge in [-0.25, -0.2) is 0 Å². The van der Waals surface area contributed by atoms with Crippen molar-refractivity contribution < 1.29 is 37.1 Å². The van der Waals surface area contributed by atoms with E-state index in [1.807, 2.05) is 27.7 Å². The van der Waals surface area contributed by atoms with E-state index in [2.05, 4.69) is 10.1 Å². The number of methoxy groups -OCH3 is 2. The van der Waals surface area contributed by atoms with E-state index in [1.54, 1.807) is 26.0 Å². The molecule has 1 aromatic rings. The summed E-state index contributed by atoms with van der Waals surface area (Å²) >= 11 is 0. The van der Waals surface area contributed by atoms with Crippen molar-refractivity contribution in [1.29, 1.82) is 0 Å². The highest BCUT2D eigenvalue weighted by atomic mass is 16.5. The van der Waals surface area contributed by atoms with Gasteiger partial charge < -0.3 is 36.1 Å². The first-order valence-electron chi connectivity index (χ1n) is 16.4. The summed E-state index contributed by atoms with van der Waals surface area (Å²) in [6, 6.07) is 4.16. The molecule has 0 radical (unpaired) electrons. The number of carbonyl (C=O) groups is 2. The zero-order chi connectivity index (χ0) is 35.1. The Labute approximate surface area is 243 Å². The van der Waals surface area contributed by atoms with Crippen molar-refractivity contribution >= 4 is 11.8 Å². The van der Waals surface area contributed by atoms with Crippen molar-refractivity contribution in [2.45, 2.75) is 79.3 Å². The number of primary amides is 1. The minimum atomic E-state index is -3.19. The third kappa shape index (κ3) is 11.7. The molecule has 9 nitrogen and oxygen atoms in total. The fourth-order valence-electron chi connectivity index (χ4n) is 4.12. The van der Waals surface area contributed by atoms with Gasteiger partial charge in [-0.15, -0.1) is 0 Å². The molecule has 9 heteroatoms. The molecule has 2 amide bonds. The van der Waals surface area contributed by atoms with Crippen molar-refractivity contribution in [2.75, 3.05) is 33.9 Å². The highest BCUT2D eigenvalue weighted by Crippen LogP contribution is 2.32. The average molecular weight is 558 g/mol. The van der Waals surface area contributed by atoms with Crippen LogP contribution in [-0.2, 0) is 20.7 Å². The Bertz CT molecular complexity index is 1140. The molecule has 0 bridgehead atoms. The number of benzene rings is 1. The standard InChI is InChI=1S/C30H53N3O6/c1-19(2)22(14-21-10-11-26(38-8)27(15-21)39-13-9-12-37-7)16-24(31)25(34)17-23(20(3)4)28(35)33-18-30(5,6)29(32)36/h10-11,15,19-20,22-25,34H,9,12-14,16-18,31H2,1-8H3,(H2,32,36)(H,33,35)/t22-,23-,24-,25-/m0/s1/i9D2,12D2,13D2. The molecular weight excluding hydrogens is 498 g/mol. The summed E-state index contributed by atoms with van der Waals surface area (Å²) < 4.78 is 63.4. The Hall–Kier alpha value is -2.36. The van der Waals surface area contributed by atoms with Crippen LogP contribution in [0.1, 0.15) is 74.5 Å². The Kier molecular flexibility index (Phi) is 10.9. The molecule has 0 saturated heterocycles. The lowest BCUT2D eigenvalue weighted by atomic mass is 9.80. The highest BCUT2D eigenvalue weighted by molar-refractivity contribution is 5.83. The normalized spacial score (nSPS) is 18.5. The molecule has 4 atom stereocenters. The number of rotatable bonds is 19. The number of nitrogens with one attached hydrogen (secondary N) is 1.